The van der Waals surface area contributed by atoms with E-state index in [1.165, 1.54) is 5.56 Å². The van der Waals surface area contributed by atoms with Gasteiger partial charge in [-0.25, -0.2) is 4.79 Å². The Balaban J connectivity index is 1.93. The lowest BCUT2D eigenvalue weighted by Gasteiger charge is -2.19. The van der Waals surface area contributed by atoms with Gasteiger partial charge >= 0.3 is 6.03 Å². The Morgan fingerprint density at radius 1 is 1.48 bits per heavy atom. The topological polar surface area (TPSA) is 61.4 Å². The van der Waals surface area contributed by atoms with Crippen molar-refractivity contribution in [1.29, 1.82) is 0 Å². The highest BCUT2D eigenvalue weighted by Gasteiger charge is 2.27. The largest absolute Gasteiger partial charge is 0.396 e. The maximum absolute atomic E-state index is 12.1. The van der Waals surface area contributed by atoms with E-state index in [9.17, 15) is 9.90 Å². The molecule has 0 unspecified atom stereocenters. The van der Waals surface area contributed by atoms with Crippen LogP contribution in [0.5, 0.6) is 0 Å². The van der Waals surface area contributed by atoms with Crippen LogP contribution in [0.3, 0.4) is 0 Å². The fourth-order valence-corrected chi connectivity index (χ4v) is 3.21. The number of hydrogen-bond acceptors (Lipinski definition) is 3. The lowest BCUT2D eigenvalue weighted by atomic mass is 10.1. The number of anilines is 1. The molecule has 0 heterocycles. The number of benzene rings is 1. The Hall–Kier alpha value is -1.20. The first kappa shape index (κ1) is 16.2. The molecule has 2 rings (SSSR count). The van der Waals surface area contributed by atoms with Gasteiger partial charge < -0.3 is 15.7 Å². The second-order valence-corrected chi connectivity index (χ2v) is 6.76. The quantitative estimate of drug-likeness (QED) is 0.781. The van der Waals surface area contributed by atoms with Crippen LogP contribution in [0.2, 0.25) is 0 Å². The number of rotatable bonds is 5. The number of carbonyl (C=O) groups excluding carboxylic acids is 1. The molecule has 1 saturated carbocycles. The van der Waals surface area contributed by atoms with Crippen molar-refractivity contribution >= 4 is 23.5 Å². The summed E-state index contributed by atoms with van der Waals surface area (Å²) >= 11 is 1.78. The number of nitrogens with one attached hydrogen (secondary N) is 2. The van der Waals surface area contributed by atoms with E-state index in [0.717, 1.165) is 24.9 Å². The molecule has 0 radical (unpaired) electrons. The highest BCUT2D eigenvalue weighted by Crippen LogP contribution is 2.28. The first-order valence-corrected chi connectivity index (χ1v) is 8.74. The Bertz CT molecular complexity index is 481. The fourth-order valence-electron chi connectivity index (χ4n) is 2.79. The molecule has 0 bridgehead atoms. The zero-order valence-corrected chi connectivity index (χ0v) is 13.5. The zero-order valence-electron chi connectivity index (χ0n) is 12.6. The lowest BCUT2D eigenvalue weighted by Crippen LogP contribution is -2.41. The molecule has 1 aliphatic carbocycles. The van der Waals surface area contributed by atoms with Crippen molar-refractivity contribution in [3.8, 4) is 0 Å². The summed E-state index contributed by atoms with van der Waals surface area (Å²) in [4.78, 5) is 12.1. The molecule has 0 aromatic heterocycles. The van der Waals surface area contributed by atoms with Gasteiger partial charge in [-0.2, -0.15) is 11.8 Å². The van der Waals surface area contributed by atoms with Gasteiger partial charge in [-0.15, -0.1) is 0 Å². The van der Waals surface area contributed by atoms with E-state index in [0.29, 0.717) is 5.25 Å². The van der Waals surface area contributed by atoms with Crippen LogP contribution >= 0.6 is 11.8 Å². The summed E-state index contributed by atoms with van der Waals surface area (Å²) in [5.74, 6) is 0.193. The van der Waals surface area contributed by atoms with Gasteiger partial charge in [0.1, 0.15) is 0 Å². The zero-order chi connectivity index (χ0) is 15.2. The van der Waals surface area contributed by atoms with Crippen molar-refractivity contribution < 1.29 is 9.90 Å². The summed E-state index contributed by atoms with van der Waals surface area (Å²) in [6, 6.07) is 7.85. The predicted octanol–water partition coefficient (Wildman–Crippen LogP) is 3.39. The molecule has 2 amide bonds. The molecule has 0 spiro atoms. The number of carbonyl (C=O) groups is 1. The first-order valence-electron chi connectivity index (χ1n) is 7.45. The minimum absolute atomic E-state index is 0.0864. The standard InChI is InChI=1S/C16H24N2O2S/c1-11(21-2)12-5-3-7-14(9-12)17-16(20)18-15-8-4-6-13(15)10-19/h3,5,7,9,11,13,15,19H,4,6,8,10H2,1-2H3,(H2,17,18,20)/t11-,13+,15+/m1/s1. The van der Waals surface area contributed by atoms with Gasteiger partial charge in [0.25, 0.3) is 0 Å². The maximum atomic E-state index is 12.1. The molecule has 116 valence electrons. The molecule has 0 aliphatic heterocycles. The molecule has 5 heteroatoms. The van der Waals surface area contributed by atoms with Crippen LogP contribution in [0.4, 0.5) is 10.5 Å². The van der Waals surface area contributed by atoms with Gasteiger partial charge in [-0.1, -0.05) is 18.6 Å². The highest BCUT2D eigenvalue weighted by molar-refractivity contribution is 7.98. The van der Waals surface area contributed by atoms with Gasteiger partial charge in [0.2, 0.25) is 0 Å². The monoisotopic (exact) mass is 308 g/mol. The Morgan fingerprint density at radius 2 is 2.29 bits per heavy atom. The Kier molecular flexibility index (Phi) is 5.94. The molecular weight excluding hydrogens is 284 g/mol. The molecule has 0 saturated heterocycles. The molecule has 3 atom stereocenters. The van der Waals surface area contributed by atoms with Crippen LogP contribution in [0.1, 0.15) is 37.0 Å². The molecule has 1 aromatic rings. The van der Waals surface area contributed by atoms with Crippen molar-refractivity contribution in [3.63, 3.8) is 0 Å². The van der Waals surface area contributed by atoms with Crippen LogP contribution in [-0.4, -0.2) is 30.0 Å². The van der Waals surface area contributed by atoms with E-state index in [1.807, 2.05) is 18.2 Å². The molecule has 1 fully saturated rings. The van der Waals surface area contributed by atoms with Crippen LogP contribution in [0, 0.1) is 5.92 Å². The Morgan fingerprint density at radius 3 is 3.00 bits per heavy atom. The third-order valence-electron chi connectivity index (χ3n) is 4.18. The number of aliphatic hydroxyl groups excluding tert-OH is 1. The second kappa shape index (κ2) is 7.71. The van der Waals surface area contributed by atoms with E-state index in [1.54, 1.807) is 11.8 Å². The Labute approximate surface area is 130 Å². The molecule has 21 heavy (non-hydrogen) atoms. The lowest BCUT2D eigenvalue weighted by molar-refractivity contribution is 0.203. The van der Waals surface area contributed by atoms with E-state index in [-0.39, 0.29) is 24.6 Å². The number of urea groups is 1. The average molecular weight is 308 g/mol. The molecular formula is C16H24N2O2S. The van der Waals surface area contributed by atoms with Crippen LogP contribution < -0.4 is 10.6 Å². The minimum atomic E-state index is -0.186. The van der Waals surface area contributed by atoms with Crippen molar-refractivity contribution in [2.24, 2.45) is 5.92 Å². The number of amides is 2. The van der Waals surface area contributed by atoms with Crippen LogP contribution in [0.25, 0.3) is 0 Å². The average Bonchev–Trinajstić information content (AvgIpc) is 2.93. The van der Waals surface area contributed by atoms with E-state index in [2.05, 4.69) is 29.9 Å². The van der Waals surface area contributed by atoms with Gasteiger partial charge in [0, 0.05) is 29.5 Å². The summed E-state index contributed by atoms with van der Waals surface area (Å²) in [6.07, 6.45) is 5.08. The van der Waals surface area contributed by atoms with Crippen molar-refractivity contribution in [2.45, 2.75) is 37.5 Å². The van der Waals surface area contributed by atoms with Gasteiger partial charge in [-0.3, -0.25) is 0 Å². The van der Waals surface area contributed by atoms with E-state index >= 15 is 0 Å². The molecule has 3 N–H and O–H groups in total. The van der Waals surface area contributed by atoms with Crippen LogP contribution in [-0.2, 0) is 0 Å². The van der Waals surface area contributed by atoms with Crippen LogP contribution in [0.15, 0.2) is 24.3 Å². The smallest absolute Gasteiger partial charge is 0.319 e. The van der Waals surface area contributed by atoms with Crippen molar-refractivity contribution in [2.75, 3.05) is 18.2 Å². The number of thioether (sulfide) groups is 1. The normalized spacial score (nSPS) is 22.8. The number of aliphatic hydroxyl groups is 1. The van der Waals surface area contributed by atoms with Gasteiger partial charge in [-0.05, 0) is 43.7 Å². The first-order chi connectivity index (χ1) is 10.1. The van der Waals surface area contributed by atoms with Crippen molar-refractivity contribution in [1.82, 2.24) is 5.32 Å². The van der Waals surface area contributed by atoms with E-state index in [4.69, 9.17) is 0 Å². The van der Waals surface area contributed by atoms with Crippen molar-refractivity contribution in [3.05, 3.63) is 29.8 Å². The number of hydrogen-bond donors (Lipinski definition) is 3. The van der Waals surface area contributed by atoms with E-state index < -0.39 is 0 Å². The third kappa shape index (κ3) is 4.38. The van der Waals surface area contributed by atoms with Gasteiger partial charge in [0.05, 0.1) is 0 Å². The third-order valence-corrected chi connectivity index (χ3v) is 5.16. The summed E-state index contributed by atoms with van der Waals surface area (Å²) < 4.78 is 0. The molecule has 1 aliphatic rings. The summed E-state index contributed by atoms with van der Waals surface area (Å²) in [5.41, 5.74) is 2.01. The summed E-state index contributed by atoms with van der Waals surface area (Å²) in [6.45, 7) is 2.29. The predicted molar refractivity (Wildman–Crippen MR) is 88.7 cm³/mol. The fraction of sp³-hybridized carbons (Fsp3) is 0.562. The second-order valence-electron chi connectivity index (χ2n) is 5.58. The SMILES string of the molecule is CS[C@H](C)c1cccc(NC(=O)N[C@H]2CCC[C@H]2CO)c1. The van der Waals surface area contributed by atoms with Gasteiger partial charge in [0.15, 0.2) is 0 Å². The highest BCUT2D eigenvalue weighted by atomic mass is 32.2. The maximum Gasteiger partial charge on any atom is 0.319 e. The molecule has 1 aromatic carbocycles. The molecule has 4 nitrogen and oxygen atoms in total. The summed E-state index contributed by atoms with van der Waals surface area (Å²) in [7, 11) is 0. The minimum Gasteiger partial charge on any atom is -0.396 e. The summed E-state index contributed by atoms with van der Waals surface area (Å²) in [5, 5.41) is 15.6.